The van der Waals surface area contributed by atoms with Gasteiger partial charge in [0.25, 0.3) is 0 Å². The number of amides is 6. The normalized spacial score (nSPS) is 11.2. The first kappa shape index (κ1) is 52.2. The number of anilines is 5. The van der Waals surface area contributed by atoms with Crippen LogP contribution in [-0.2, 0) is 39.5 Å². The first-order valence-electron chi connectivity index (χ1n) is 20.9. The average molecular weight is 937 g/mol. The van der Waals surface area contributed by atoms with Crippen LogP contribution in [0.4, 0.5) is 62.9 Å². The molecule has 4 aromatic rings. The molecule has 360 valence electrons. The number of hydrogen-bond donors (Lipinski definition) is 6. The molecule has 0 aliphatic heterocycles. The van der Waals surface area contributed by atoms with Gasteiger partial charge in [-0.15, -0.1) is 0 Å². The fourth-order valence-electron chi connectivity index (χ4n) is 6.23. The summed E-state index contributed by atoms with van der Waals surface area (Å²) in [6.45, 7) is 16.7. The third kappa shape index (κ3) is 15.7. The van der Waals surface area contributed by atoms with Gasteiger partial charge in [0.2, 0.25) is 0 Å². The first-order chi connectivity index (χ1) is 32.1. The Bertz CT molecular complexity index is 2600. The van der Waals surface area contributed by atoms with E-state index in [1.54, 1.807) is 64.1 Å². The minimum atomic E-state index is -1.34. The van der Waals surface area contributed by atoms with Crippen LogP contribution in [-0.4, -0.2) is 76.1 Å². The number of rotatable bonds is 16. The fourth-order valence-corrected chi connectivity index (χ4v) is 6.23. The third-order valence-electron chi connectivity index (χ3n) is 10.1. The highest BCUT2D eigenvalue weighted by Crippen LogP contribution is 2.31. The molecule has 0 bridgehead atoms. The molecule has 68 heavy (non-hydrogen) atoms. The summed E-state index contributed by atoms with van der Waals surface area (Å²) in [4.78, 5) is 84.2. The van der Waals surface area contributed by atoms with E-state index in [-0.39, 0.29) is 11.4 Å². The van der Waals surface area contributed by atoms with Crippen molar-refractivity contribution in [2.24, 2.45) is 9.98 Å². The summed E-state index contributed by atoms with van der Waals surface area (Å²) in [6.07, 6.45) is -5.33. The van der Waals surface area contributed by atoms with E-state index in [2.05, 4.69) is 59.2 Å². The van der Waals surface area contributed by atoms with Gasteiger partial charge in [-0.05, 0) is 131 Å². The molecule has 0 heterocycles. The number of aryl methyl sites for hydroxylation is 4. The third-order valence-corrected chi connectivity index (χ3v) is 10.1. The molecule has 0 fully saturated rings. The van der Waals surface area contributed by atoms with Crippen LogP contribution in [0, 0.1) is 27.7 Å². The summed E-state index contributed by atoms with van der Waals surface area (Å²) in [7, 11) is 2.50. The van der Waals surface area contributed by atoms with Crippen LogP contribution in [0.15, 0.2) is 95.6 Å². The smallest absolute Gasteiger partial charge is 0.416 e. The van der Waals surface area contributed by atoms with Crippen LogP contribution in [0.5, 0.6) is 0 Å². The molecule has 0 aromatic heterocycles. The van der Waals surface area contributed by atoms with Gasteiger partial charge in [0.15, 0.2) is 6.10 Å². The summed E-state index contributed by atoms with van der Waals surface area (Å²) >= 11 is 0. The number of aliphatic imine (C=N–C) groups is 2. The summed E-state index contributed by atoms with van der Waals surface area (Å²) in [6, 6.07) is 23.1. The largest absolute Gasteiger partial charge is 0.453 e. The Hall–Kier alpha value is -8.38. The van der Waals surface area contributed by atoms with Crippen LogP contribution >= 0.6 is 0 Å². The van der Waals surface area contributed by atoms with Crippen LogP contribution in [0.2, 0.25) is 0 Å². The van der Waals surface area contributed by atoms with Gasteiger partial charge in [0.05, 0.1) is 43.3 Å². The minimum absolute atomic E-state index is 0.234. The lowest BCUT2D eigenvalue weighted by atomic mass is 9.90. The second-order valence-electron chi connectivity index (χ2n) is 16.1. The number of benzene rings is 4. The summed E-state index contributed by atoms with van der Waals surface area (Å²) in [5, 5.41) is 15.7. The van der Waals surface area contributed by atoms with E-state index in [9.17, 15) is 28.8 Å². The highest BCUT2D eigenvalue weighted by atomic mass is 16.6. The van der Waals surface area contributed by atoms with Gasteiger partial charge in [-0.2, -0.15) is 4.99 Å². The van der Waals surface area contributed by atoms with Crippen molar-refractivity contribution in [3.05, 3.63) is 119 Å². The second kappa shape index (κ2) is 23.7. The van der Waals surface area contributed by atoms with E-state index in [4.69, 9.17) is 23.7 Å². The van der Waals surface area contributed by atoms with Crippen LogP contribution < -0.4 is 31.9 Å². The lowest BCUT2D eigenvalue weighted by Crippen LogP contribution is -2.43. The Kier molecular flexibility index (Phi) is 18.2. The van der Waals surface area contributed by atoms with Crippen LogP contribution in [0.25, 0.3) is 0 Å². The molecule has 0 aliphatic rings. The fraction of sp³-hybridized carbons (Fsp3) is 0.312. The number of carbonyl (C=O) groups is 6. The van der Waals surface area contributed by atoms with Gasteiger partial charge in [-0.1, -0.05) is 36.9 Å². The molecule has 1 unspecified atom stereocenters. The molecule has 0 spiro atoms. The Balaban J connectivity index is 1.48. The summed E-state index contributed by atoms with van der Waals surface area (Å²) in [5.41, 5.74) is 4.92. The number of ether oxygens (including phenoxy) is 6. The van der Waals surface area contributed by atoms with Gasteiger partial charge in [0, 0.05) is 28.4 Å². The zero-order valence-electron chi connectivity index (χ0n) is 39.5. The Morgan fingerprint density at radius 3 is 1.68 bits per heavy atom. The first-order valence-corrected chi connectivity index (χ1v) is 20.9. The average Bonchev–Trinajstić information content (AvgIpc) is 3.27. The molecule has 0 aliphatic carbocycles. The molecule has 1 atom stereocenters. The Labute approximate surface area is 393 Å². The number of nitrogens with zero attached hydrogens (tertiary/aromatic N) is 2. The zero-order valence-corrected chi connectivity index (χ0v) is 39.5. The number of carbonyl (C=O) groups excluding carboxylic acids is 6. The molecule has 20 heteroatoms. The lowest BCUT2D eigenvalue weighted by molar-refractivity contribution is 0.0135. The molecule has 0 saturated heterocycles. The van der Waals surface area contributed by atoms with E-state index in [1.165, 1.54) is 26.4 Å². The highest BCUT2D eigenvalue weighted by Gasteiger charge is 2.28. The molecular formula is C48H56N8O12. The van der Waals surface area contributed by atoms with Gasteiger partial charge >= 0.3 is 36.6 Å². The van der Waals surface area contributed by atoms with Crippen LogP contribution in [0.1, 0.15) is 61.1 Å². The van der Waals surface area contributed by atoms with Crippen molar-refractivity contribution in [2.75, 3.05) is 54.0 Å². The topological polar surface area (TPSA) is 255 Å². The summed E-state index contributed by atoms with van der Waals surface area (Å²) in [5.74, 6) is 0. The van der Waals surface area contributed by atoms with Crippen molar-refractivity contribution in [1.29, 1.82) is 0 Å². The predicted molar refractivity (Wildman–Crippen MR) is 256 cm³/mol. The molecule has 6 N–H and O–H groups in total. The van der Waals surface area contributed by atoms with Crippen molar-refractivity contribution in [3.8, 4) is 0 Å². The maximum absolute atomic E-state index is 13.4. The zero-order chi connectivity index (χ0) is 50.2. The van der Waals surface area contributed by atoms with Gasteiger partial charge in [-0.3, -0.25) is 26.6 Å². The van der Waals surface area contributed by atoms with E-state index >= 15 is 0 Å². The standard InChI is InChI=1S/C48H56N8O12/c1-12-65-44(60)55-40-23-34(19-15-31(40)5)51-43(59)66-25-36(68-45(61)52-35-20-16-30(4)39(24-35)54-42(58)64-11)26-67-46(62)56-48(8,9)37-22-33(18-14-28(37)2)49-27-50-47(6,7)32-17-13-29(3)38(21-32)53-41(57)63-10/h12-24,36H,1,25-26H2,2-11H3,(H,51,59)(H,52,61)(H,53,57)(H,54,58)(H,55,60)(H,56,62). The van der Waals surface area contributed by atoms with Crippen molar-refractivity contribution in [3.63, 3.8) is 0 Å². The predicted octanol–water partition coefficient (Wildman–Crippen LogP) is 10.5. The second-order valence-corrected chi connectivity index (χ2v) is 16.1. The molecular weight excluding hydrogens is 881 g/mol. The monoisotopic (exact) mass is 936 g/mol. The van der Waals surface area contributed by atoms with Gasteiger partial charge in [0.1, 0.15) is 13.2 Å². The molecule has 4 aromatic carbocycles. The number of nitrogens with one attached hydrogen (secondary N) is 6. The minimum Gasteiger partial charge on any atom is -0.453 e. The molecule has 20 nitrogen and oxygen atoms in total. The van der Waals surface area contributed by atoms with Crippen molar-refractivity contribution < 1.29 is 57.2 Å². The number of alkyl carbamates (subject to hydrolysis) is 1. The van der Waals surface area contributed by atoms with E-state index in [0.717, 1.165) is 23.0 Å². The maximum atomic E-state index is 13.4. The van der Waals surface area contributed by atoms with E-state index in [1.807, 2.05) is 52.0 Å². The lowest BCUT2D eigenvalue weighted by Gasteiger charge is -2.28. The van der Waals surface area contributed by atoms with E-state index < -0.39 is 67.0 Å². The number of methoxy groups -OCH3 is 2. The van der Waals surface area contributed by atoms with Crippen molar-refractivity contribution in [2.45, 2.75) is 72.6 Å². The van der Waals surface area contributed by atoms with E-state index in [0.29, 0.717) is 39.4 Å². The summed E-state index contributed by atoms with van der Waals surface area (Å²) < 4.78 is 30.6. The SMILES string of the molecule is C=COC(=O)Nc1cc(NC(=O)OCC(COC(=O)NC(C)(C)c2cc(N=C=NC(C)(C)c3ccc(C)c(NC(=O)OC)c3)ccc2C)OC(=O)Nc2ccc(C)c(NC(=O)OC)c2)ccc1C. The van der Waals surface area contributed by atoms with Gasteiger partial charge in [-0.25, -0.2) is 33.8 Å². The Morgan fingerprint density at radius 2 is 1.12 bits per heavy atom. The molecule has 4 rings (SSSR count). The molecule has 6 amide bonds. The molecule has 0 radical (unpaired) electrons. The quantitative estimate of drug-likeness (QED) is 0.0348. The Morgan fingerprint density at radius 1 is 0.618 bits per heavy atom. The van der Waals surface area contributed by atoms with Gasteiger partial charge < -0.3 is 33.7 Å². The molecule has 0 saturated carbocycles. The van der Waals surface area contributed by atoms with Crippen LogP contribution in [0.3, 0.4) is 0 Å². The highest BCUT2D eigenvalue weighted by molar-refractivity contribution is 5.91. The van der Waals surface area contributed by atoms with Crippen molar-refractivity contribution >= 4 is 76.7 Å². The van der Waals surface area contributed by atoms with Crippen molar-refractivity contribution in [1.82, 2.24) is 5.32 Å². The maximum Gasteiger partial charge on any atom is 0.416 e. The number of hydrogen-bond acceptors (Lipinski definition) is 14.